The molecule has 0 radical (unpaired) electrons. The third-order valence-electron chi connectivity index (χ3n) is 4.73. The molecule has 0 saturated carbocycles. The van der Waals surface area contributed by atoms with Crippen LogP contribution in [0.5, 0.6) is 0 Å². The number of nitrogens with zero attached hydrogens (tertiary/aromatic N) is 4. The minimum Gasteiger partial charge on any atom is -0.358 e. The fourth-order valence-corrected chi connectivity index (χ4v) is 3.60. The molecule has 7 nitrogen and oxygen atoms in total. The first-order valence-corrected chi connectivity index (χ1v) is 9.16. The Labute approximate surface area is 150 Å². The monoisotopic (exact) mass is 364 g/mol. The number of ether oxygens (including phenoxy) is 2. The number of halogens is 1. The Morgan fingerprint density at radius 1 is 1.08 bits per heavy atom. The lowest BCUT2D eigenvalue weighted by atomic mass is 10.2. The zero-order valence-corrected chi connectivity index (χ0v) is 14.7. The van der Waals surface area contributed by atoms with Crippen LogP contribution in [0.25, 0.3) is 11.3 Å². The van der Waals surface area contributed by atoms with E-state index in [1.54, 1.807) is 10.9 Å². The molecule has 0 aliphatic carbocycles. The molecule has 0 spiro atoms. The van der Waals surface area contributed by atoms with E-state index in [0.29, 0.717) is 17.9 Å². The number of aromatic nitrogens is 4. The number of hydrogen-bond acceptors (Lipinski definition) is 5. The average molecular weight is 365 g/mol. The van der Waals surface area contributed by atoms with Gasteiger partial charge in [-0.25, -0.2) is 9.67 Å². The van der Waals surface area contributed by atoms with Crippen molar-refractivity contribution in [2.24, 2.45) is 0 Å². The lowest BCUT2D eigenvalue weighted by molar-refractivity contribution is -0.0394. The molecule has 0 bridgehead atoms. The Morgan fingerprint density at radius 2 is 1.80 bits per heavy atom. The van der Waals surface area contributed by atoms with Gasteiger partial charge in [0.2, 0.25) is 0 Å². The molecule has 2 fully saturated rings. The number of hydrogen-bond donors (Lipinski definition) is 0. The molecule has 134 valence electrons. The number of rotatable bonds is 3. The van der Waals surface area contributed by atoms with Gasteiger partial charge in [0.1, 0.15) is 23.8 Å². The van der Waals surface area contributed by atoms with Gasteiger partial charge in [-0.15, -0.1) is 0 Å². The first kappa shape index (κ1) is 16.8. The van der Waals surface area contributed by atoms with Crippen molar-refractivity contribution in [3.05, 3.63) is 34.1 Å². The van der Waals surface area contributed by atoms with Crippen LogP contribution >= 0.6 is 11.6 Å². The van der Waals surface area contributed by atoms with Crippen molar-refractivity contribution < 1.29 is 9.47 Å². The van der Waals surface area contributed by atoms with Gasteiger partial charge in [-0.05, 0) is 38.5 Å². The minimum absolute atomic E-state index is 0.0581. The average Bonchev–Trinajstić information content (AvgIpc) is 3.15. The highest BCUT2D eigenvalue weighted by molar-refractivity contribution is 6.32. The lowest BCUT2D eigenvalue weighted by Crippen LogP contribution is -2.29. The van der Waals surface area contributed by atoms with Crippen LogP contribution in [0.4, 0.5) is 0 Å². The molecule has 25 heavy (non-hydrogen) atoms. The van der Waals surface area contributed by atoms with Crippen LogP contribution in [0.2, 0.25) is 5.02 Å². The fraction of sp³-hybridized carbons (Fsp3) is 0.588. The predicted molar refractivity (Wildman–Crippen MR) is 92.4 cm³/mol. The quantitative estimate of drug-likeness (QED) is 0.836. The van der Waals surface area contributed by atoms with Crippen molar-refractivity contribution in [1.82, 2.24) is 19.3 Å². The Hall–Kier alpha value is -1.70. The third-order valence-corrected chi connectivity index (χ3v) is 5.07. The second-order valence-electron chi connectivity index (χ2n) is 6.47. The van der Waals surface area contributed by atoms with E-state index in [1.807, 2.05) is 6.20 Å². The standard InChI is InChI=1S/C17H21ClN4O3/c18-15-16(12-9-20-22(10-12)14-6-2-4-8-25-14)19-11-21(17(15)23)13-5-1-3-7-24-13/h9-11,13-14H,1-8H2. The highest BCUT2D eigenvalue weighted by atomic mass is 35.5. The maximum atomic E-state index is 12.6. The van der Waals surface area contributed by atoms with Gasteiger partial charge in [-0.1, -0.05) is 11.6 Å². The molecule has 0 N–H and O–H groups in total. The smallest absolute Gasteiger partial charge is 0.274 e. The molecule has 2 saturated heterocycles. The normalized spacial score (nSPS) is 24.4. The minimum atomic E-state index is -0.279. The molecule has 2 aliphatic heterocycles. The van der Waals surface area contributed by atoms with Crippen LogP contribution in [0.3, 0.4) is 0 Å². The zero-order valence-electron chi connectivity index (χ0n) is 13.9. The molecule has 2 aromatic rings. The predicted octanol–water partition coefficient (Wildman–Crippen LogP) is 3.16. The van der Waals surface area contributed by atoms with Crippen LogP contribution in [-0.4, -0.2) is 32.5 Å². The van der Waals surface area contributed by atoms with E-state index in [1.165, 1.54) is 10.9 Å². The first-order chi connectivity index (χ1) is 12.2. The van der Waals surface area contributed by atoms with Gasteiger partial charge in [0, 0.05) is 25.0 Å². The molecule has 4 heterocycles. The molecule has 2 atom stereocenters. The summed E-state index contributed by atoms with van der Waals surface area (Å²) < 4.78 is 14.7. The molecule has 4 rings (SSSR count). The molecular weight excluding hydrogens is 344 g/mol. The molecular formula is C17H21ClN4O3. The summed E-state index contributed by atoms with van der Waals surface area (Å²) in [5.74, 6) is 0. The maximum Gasteiger partial charge on any atom is 0.274 e. The molecule has 0 aromatic carbocycles. The Morgan fingerprint density at radius 3 is 2.48 bits per heavy atom. The van der Waals surface area contributed by atoms with Crippen LogP contribution in [0, 0.1) is 0 Å². The van der Waals surface area contributed by atoms with Crippen molar-refractivity contribution in [2.75, 3.05) is 13.2 Å². The molecule has 2 aromatic heterocycles. The van der Waals surface area contributed by atoms with Crippen LogP contribution in [0.15, 0.2) is 23.5 Å². The molecule has 2 aliphatic rings. The van der Waals surface area contributed by atoms with Crippen LogP contribution in [0.1, 0.15) is 51.0 Å². The van der Waals surface area contributed by atoms with Gasteiger partial charge >= 0.3 is 0 Å². The fourth-order valence-electron chi connectivity index (χ4n) is 3.34. The Kier molecular flexibility index (Phi) is 4.87. The molecule has 8 heteroatoms. The summed E-state index contributed by atoms with van der Waals surface area (Å²) in [5.41, 5.74) is 0.883. The summed E-state index contributed by atoms with van der Waals surface area (Å²) in [7, 11) is 0. The van der Waals surface area contributed by atoms with E-state index < -0.39 is 0 Å². The zero-order chi connectivity index (χ0) is 17.2. The SMILES string of the molecule is O=c1c(Cl)c(-c2cnn(C3CCCCO3)c2)ncn1C1CCCCO1. The van der Waals surface area contributed by atoms with Crippen LogP contribution < -0.4 is 5.56 Å². The lowest BCUT2D eigenvalue weighted by Gasteiger charge is -2.24. The van der Waals surface area contributed by atoms with Crippen molar-refractivity contribution in [3.63, 3.8) is 0 Å². The van der Waals surface area contributed by atoms with E-state index in [9.17, 15) is 4.79 Å². The van der Waals surface area contributed by atoms with E-state index in [-0.39, 0.29) is 23.0 Å². The highest BCUT2D eigenvalue weighted by Gasteiger charge is 2.22. The van der Waals surface area contributed by atoms with Crippen molar-refractivity contribution in [2.45, 2.75) is 51.0 Å². The van der Waals surface area contributed by atoms with Gasteiger partial charge in [0.25, 0.3) is 5.56 Å². The van der Waals surface area contributed by atoms with E-state index in [0.717, 1.165) is 45.1 Å². The molecule has 2 unspecified atom stereocenters. The summed E-state index contributed by atoms with van der Waals surface area (Å²) in [6.07, 6.45) is 10.7. The third kappa shape index (κ3) is 3.36. The summed E-state index contributed by atoms with van der Waals surface area (Å²) in [6, 6.07) is 0. The Bertz CT molecular complexity index is 791. The van der Waals surface area contributed by atoms with E-state index in [4.69, 9.17) is 21.1 Å². The van der Waals surface area contributed by atoms with E-state index in [2.05, 4.69) is 10.1 Å². The maximum absolute atomic E-state index is 12.6. The summed E-state index contributed by atoms with van der Waals surface area (Å²) in [5, 5.41) is 4.46. The largest absolute Gasteiger partial charge is 0.358 e. The van der Waals surface area contributed by atoms with E-state index >= 15 is 0 Å². The summed E-state index contributed by atoms with van der Waals surface area (Å²) in [4.78, 5) is 17.0. The van der Waals surface area contributed by atoms with Crippen molar-refractivity contribution >= 4 is 11.6 Å². The van der Waals surface area contributed by atoms with Gasteiger partial charge < -0.3 is 9.47 Å². The van der Waals surface area contributed by atoms with Gasteiger partial charge in [0.15, 0.2) is 0 Å². The summed E-state index contributed by atoms with van der Waals surface area (Å²) >= 11 is 6.33. The summed E-state index contributed by atoms with van der Waals surface area (Å²) in [6.45, 7) is 1.40. The topological polar surface area (TPSA) is 71.2 Å². The highest BCUT2D eigenvalue weighted by Crippen LogP contribution is 2.28. The van der Waals surface area contributed by atoms with Crippen molar-refractivity contribution in [3.8, 4) is 11.3 Å². The second kappa shape index (κ2) is 7.27. The van der Waals surface area contributed by atoms with Gasteiger partial charge in [-0.2, -0.15) is 5.10 Å². The van der Waals surface area contributed by atoms with Gasteiger partial charge in [0.05, 0.1) is 11.9 Å². The Balaban J connectivity index is 1.61. The first-order valence-electron chi connectivity index (χ1n) is 8.78. The second-order valence-corrected chi connectivity index (χ2v) is 6.85. The molecule has 0 amide bonds. The van der Waals surface area contributed by atoms with Crippen molar-refractivity contribution in [1.29, 1.82) is 0 Å². The van der Waals surface area contributed by atoms with Gasteiger partial charge in [-0.3, -0.25) is 9.36 Å². The van der Waals surface area contributed by atoms with Crippen LogP contribution in [-0.2, 0) is 9.47 Å².